The van der Waals surface area contributed by atoms with Gasteiger partial charge in [0.25, 0.3) is 0 Å². The number of hydrogen-bond acceptors (Lipinski definition) is 6. The molecule has 0 atom stereocenters. The molecule has 1 heterocycles. The van der Waals surface area contributed by atoms with E-state index in [2.05, 4.69) is 10.6 Å². The first-order valence-electron chi connectivity index (χ1n) is 11.7. The summed E-state index contributed by atoms with van der Waals surface area (Å²) < 4.78 is 10.8. The number of carbonyl (C=O) groups is 3. The summed E-state index contributed by atoms with van der Waals surface area (Å²) in [5.74, 6) is -0.560. The Hall–Kier alpha value is -2.97. The molecule has 2 aromatic rings. The highest BCUT2D eigenvalue weighted by molar-refractivity contribution is 6.39. The SMILES string of the molecule is CC(C)(C)OC(=O)NCC(=O)N1CCC(OC(=O)Cc2ccccc2Nc2c(Cl)cccc2Cl)CC1. The minimum Gasteiger partial charge on any atom is -0.462 e. The maximum atomic E-state index is 12.7. The van der Waals surface area contributed by atoms with Crippen molar-refractivity contribution >= 4 is 52.5 Å². The lowest BCUT2D eigenvalue weighted by atomic mass is 10.1. The molecular weight excluding hydrogens is 505 g/mol. The number of alkyl carbamates (subject to hydrolysis) is 1. The average Bonchev–Trinajstić information content (AvgIpc) is 2.80. The van der Waals surface area contributed by atoms with Crippen LogP contribution in [-0.4, -0.2) is 54.2 Å². The van der Waals surface area contributed by atoms with Crippen LogP contribution in [0, 0.1) is 0 Å². The highest BCUT2D eigenvalue weighted by atomic mass is 35.5. The molecule has 36 heavy (non-hydrogen) atoms. The van der Waals surface area contributed by atoms with E-state index in [4.69, 9.17) is 32.7 Å². The predicted molar refractivity (Wildman–Crippen MR) is 140 cm³/mol. The third kappa shape index (κ3) is 8.31. The monoisotopic (exact) mass is 535 g/mol. The normalized spacial score (nSPS) is 14.2. The summed E-state index contributed by atoms with van der Waals surface area (Å²) in [5, 5.41) is 6.64. The third-order valence-electron chi connectivity index (χ3n) is 5.45. The topological polar surface area (TPSA) is 97.0 Å². The van der Waals surface area contributed by atoms with Gasteiger partial charge in [-0.1, -0.05) is 47.5 Å². The van der Waals surface area contributed by atoms with Crippen LogP contribution >= 0.6 is 23.2 Å². The molecule has 2 aromatic carbocycles. The number of rotatable bonds is 7. The zero-order valence-corrected chi connectivity index (χ0v) is 22.1. The van der Waals surface area contributed by atoms with E-state index in [-0.39, 0.29) is 30.9 Å². The quantitative estimate of drug-likeness (QED) is 0.464. The fourth-order valence-electron chi connectivity index (χ4n) is 3.73. The molecular formula is C26H31Cl2N3O5. The van der Waals surface area contributed by atoms with Crippen LogP contribution < -0.4 is 10.6 Å². The van der Waals surface area contributed by atoms with E-state index in [0.29, 0.717) is 47.4 Å². The van der Waals surface area contributed by atoms with Crippen molar-refractivity contribution in [1.82, 2.24) is 10.2 Å². The van der Waals surface area contributed by atoms with Gasteiger partial charge in [0.15, 0.2) is 0 Å². The number of benzene rings is 2. The van der Waals surface area contributed by atoms with E-state index in [9.17, 15) is 14.4 Å². The Morgan fingerprint density at radius 2 is 1.64 bits per heavy atom. The number of carbonyl (C=O) groups excluding carboxylic acids is 3. The first kappa shape index (κ1) is 27.6. The Morgan fingerprint density at radius 1 is 1.00 bits per heavy atom. The Kier molecular flexibility index (Phi) is 9.45. The number of nitrogens with zero attached hydrogens (tertiary/aromatic N) is 1. The molecule has 0 spiro atoms. The fourth-order valence-corrected chi connectivity index (χ4v) is 4.22. The summed E-state index contributed by atoms with van der Waals surface area (Å²) in [5.41, 5.74) is 1.40. The molecule has 2 amide bonds. The smallest absolute Gasteiger partial charge is 0.408 e. The molecule has 1 aliphatic heterocycles. The number of para-hydroxylation sites is 2. The van der Waals surface area contributed by atoms with Gasteiger partial charge in [-0.05, 0) is 44.5 Å². The highest BCUT2D eigenvalue weighted by Crippen LogP contribution is 2.33. The second-order valence-electron chi connectivity index (χ2n) is 9.48. The molecule has 2 N–H and O–H groups in total. The highest BCUT2D eigenvalue weighted by Gasteiger charge is 2.26. The Bertz CT molecular complexity index is 1070. The number of anilines is 2. The van der Waals surface area contributed by atoms with Gasteiger partial charge in [0.2, 0.25) is 5.91 Å². The standard InChI is InChI=1S/C26H31Cl2N3O5/c1-26(2,3)36-25(34)29-16-22(32)31-13-11-18(12-14-31)35-23(33)15-17-7-4-5-10-21(17)30-24-19(27)8-6-9-20(24)28/h4-10,18,30H,11-16H2,1-3H3,(H,29,34). The Labute approximate surface area is 221 Å². The van der Waals surface area contributed by atoms with Crippen LogP contribution in [0.4, 0.5) is 16.2 Å². The van der Waals surface area contributed by atoms with Gasteiger partial charge in [0, 0.05) is 31.6 Å². The van der Waals surface area contributed by atoms with Gasteiger partial charge in [-0.3, -0.25) is 9.59 Å². The average molecular weight is 536 g/mol. The van der Waals surface area contributed by atoms with Crippen LogP contribution in [0.3, 0.4) is 0 Å². The van der Waals surface area contributed by atoms with Crippen molar-refractivity contribution in [2.24, 2.45) is 0 Å². The van der Waals surface area contributed by atoms with E-state index < -0.39 is 11.7 Å². The lowest BCUT2D eigenvalue weighted by Gasteiger charge is -2.32. The van der Waals surface area contributed by atoms with Gasteiger partial charge in [0.05, 0.1) is 22.2 Å². The number of ether oxygens (including phenoxy) is 2. The molecule has 0 radical (unpaired) electrons. The van der Waals surface area contributed by atoms with E-state index in [1.807, 2.05) is 24.3 Å². The molecule has 0 saturated carbocycles. The molecule has 0 aromatic heterocycles. The number of likely N-dealkylation sites (tertiary alicyclic amines) is 1. The van der Waals surface area contributed by atoms with Crippen LogP contribution in [0.5, 0.6) is 0 Å². The third-order valence-corrected chi connectivity index (χ3v) is 6.08. The summed E-state index contributed by atoms with van der Waals surface area (Å²) in [6.07, 6.45) is 0.215. The van der Waals surface area contributed by atoms with Crippen LogP contribution in [0.25, 0.3) is 0 Å². The summed E-state index contributed by atoms with van der Waals surface area (Å²) in [6.45, 7) is 6.00. The second-order valence-corrected chi connectivity index (χ2v) is 10.3. The van der Waals surface area contributed by atoms with Crippen LogP contribution in [0.1, 0.15) is 39.2 Å². The molecule has 0 unspecified atom stereocenters. The molecule has 194 valence electrons. The van der Waals surface area contributed by atoms with Gasteiger partial charge in [0.1, 0.15) is 18.2 Å². The zero-order chi connectivity index (χ0) is 26.3. The lowest BCUT2D eigenvalue weighted by Crippen LogP contribution is -2.46. The van der Waals surface area contributed by atoms with Gasteiger partial charge < -0.3 is 25.0 Å². The molecule has 8 nitrogen and oxygen atoms in total. The largest absolute Gasteiger partial charge is 0.462 e. The van der Waals surface area contributed by atoms with E-state index in [0.717, 1.165) is 5.56 Å². The first-order valence-corrected chi connectivity index (χ1v) is 12.5. The minimum absolute atomic E-state index is 0.0736. The lowest BCUT2D eigenvalue weighted by molar-refractivity contribution is -0.151. The van der Waals surface area contributed by atoms with E-state index in [1.165, 1.54) is 0 Å². The summed E-state index contributed by atoms with van der Waals surface area (Å²) in [4.78, 5) is 38.5. The van der Waals surface area contributed by atoms with Crippen molar-refractivity contribution < 1.29 is 23.9 Å². The zero-order valence-electron chi connectivity index (χ0n) is 20.6. The van der Waals surface area contributed by atoms with Gasteiger partial charge >= 0.3 is 12.1 Å². The molecule has 1 saturated heterocycles. The fraction of sp³-hybridized carbons (Fsp3) is 0.423. The van der Waals surface area contributed by atoms with Gasteiger partial charge in [-0.15, -0.1) is 0 Å². The Balaban J connectivity index is 1.47. The van der Waals surface area contributed by atoms with Crippen molar-refractivity contribution in [1.29, 1.82) is 0 Å². The number of hydrogen-bond donors (Lipinski definition) is 2. The Morgan fingerprint density at radius 3 is 2.28 bits per heavy atom. The molecule has 0 bridgehead atoms. The van der Waals surface area contributed by atoms with Crippen molar-refractivity contribution in [3.63, 3.8) is 0 Å². The summed E-state index contributed by atoms with van der Waals surface area (Å²) >= 11 is 12.5. The van der Waals surface area contributed by atoms with E-state index >= 15 is 0 Å². The number of piperidine rings is 1. The van der Waals surface area contributed by atoms with Crippen molar-refractivity contribution in [3.05, 3.63) is 58.1 Å². The summed E-state index contributed by atoms with van der Waals surface area (Å²) in [7, 11) is 0. The molecule has 1 fully saturated rings. The maximum absolute atomic E-state index is 12.7. The maximum Gasteiger partial charge on any atom is 0.408 e. The van der Waals surface area contributed by atoms with Crippen LogP contribution in [0.15, 0.2) is 42.5 Å². The number of esters is 1. The molecule has 3 rings (SSSR count). The number of amides is 2. The molecule has 0 aliphatic carbocycles. The van der Waals surface area contributed by atoms with Crippen molar-refractivity contribution in [2.75, 3.05) is 25.0 Å². The first-order chi connectivity index (χ1) is 17.0. The predicted octanol–water partition coefficient (Wildman–Crippen LogP) is 5.34. The van der Waals surface area contributed by atoms with Gasteiger partial charge in [-0.25, -0.2) is 4.79 Å². The van der Waals surface area contributed by atoms with Crippen LogP contribution in [0.2, 0.25) is 10.0 Å². The van der Waals surface area contributed by atoms with Crippen LogP contribution in [-0.2, 0) is 25.5 Å². The molecule has 10 heteroatoms. The summed E-state index contributed by atoms with van der Waals surface area (Å²) in [6, 6.07) is 12.6. The van der Waals surface area contributed by atoms with E-state index in [1.54, 1.807) is 43.9 Å². The number of halogens is 2. The van der Waals surface area contributed by atoms with Gasteiger partial charge in [-0.2, -0.15) is 0 Å². The second kappa shape index (κ2) is 12.3. The van der Waals surface area contributed by atoms with Crippen molar-refractivity contribution in [3.8, 4) is 0 Å². The minimum atomic E-state index is -0.633. The number of nitrogens with one attached hydrogen (secondary N) is 2. The van der Waals surface area contributed by atoms with Crippen molar-refractivity contribution in [2.45, 2.75) is 51.7 Å². The molecule has 1 aliphatic rings.